The highest BCUT2D eigenvalue weighted by atomic mass is 32.2. The zero-order valence-corrected chi connectivity index (χ0v) is 12.5. The second-order valence-electron chi connectivity index (χ2n) is 4.81. The molecule has 0 aliphatic rings. The van der Waals surface area contributed by atoms with Crippen LogP contribution in [0.15, 0.2) is 56.6 Å². The number of thioether (sulfide) groups is 1. The Bertz CT molecular complexity index is 836. The molecule has 0 amide bonds. The van der Waals surface area contributed by atoms with Gasteiger partial charge in [-0.25, -0.2) is 4.79 Å². The Morgan fingerprint density at radius 1 is 1.19 bits per heavy atom. The Kier molecular flexibility index (Phi) is 3.75. The molecule has 3 rings (SSSR count). The number of hydrogen-bond donors (Lipinski definition) is 1. The van der Waals surface area contributed by atoms with Crippen molar-refractivity contribution in [2.75, 3.05) is 11.5 Å². The van der Waals surface area contributed by atoms with Crippen molar-refractivity contribution in [3.05, 3.63) is 58.6 Å². The summed E-state index contributed by atoms with van der Waals surface area (Å²) < 4.78 is 6.89. The topological polar surface area (TPSA) is 61.2 Å². The molecule has 108 valence electrons. The maximum atomic E-state index is 11.9. The maximum Gasteiger partial charge on any atom is 0.419 e. The molecule has 0 unspecified atom stereocenters. The lowest BCUT2D eigenvalue weighted by Crippen LogP contribution is -2.15. The molecule has 3 aromatic rings. The fraction of sp³-hybridized carbons (Fsp3) is 0.188. The number of nitrogens with zero attached hydrogens (tertiary/aromatic N) is 1. The Morgan fingerprint density at radius 2 is 2.00 bits per heavy atom. The van der Waals surface area contributed by atoms with Crippen molar-refractivity contribution in [2.45, 2.75) is 18.4 Å². The summed E-state index contributed by atoms with van der Waals surface area (Å²) in [6, 6.07) is 13.4. The van der Waals surface area contributed by atoms with Gasteiger partial charge in [-0.2, -0.15) is 0 Å². The Labute approximate surface area is 126 Å². The third-order valence-electron chi connectivity index (χ3n) is 3.47. The molecular weight excluding hydrogens is 284 g/mol. The van der Waals surface area contributed by atoms with Crippen LogP contribution in [-0.2, 0) is 6.54 Å². The molecule has 1 aromatic heterocycles. The highest BCUT2D eigenvalue weighted by Crippen LogP contribution is 2.26. The van der Waals surface area contributed by atoms with E-state index in [1.807, 2.05) is 49.4 Å². The van der Waals surface area contributed by atoms with Crippen LogP contribution in [0.5, 0.6) is 0 Å². The van der Waals surface area contributed by atoms with Gasteiger partial charge in [0, 0.05) is 22.9 Å². The molecule has 5 heteroatoms. The molecule has 1 heterocycles. The standard InChI is InChI=1S/C16H16N2O2S/c1-11-12(17)5-4-8-15(11)21-10-9-18-13-6-2-3-7-14(13)20-16(18)19/h2-8H,9-10,17H2,1H3. The van der Waals surface area contributed by atoms with Gasteiger partial charge in [0.25, 0.3) is 0 Å². The Balaban J connectivity index is 1.77. The van der Waals surface area contributed by atoms with Crippen molar-refractivity contribution in [1.82, 2.24) is 4.57 Å². The molecule has 0 fully saturated rings. The lowest BCUT2D eigenvalue weighted by atomic mass is 10.2. The lowest BCUT2D eigenvalue weighted by molar-refractivity contribution is 0.514. The number of hydrogen-bond acceptors (Lipinski definition) is 4. The molecule has 0 atom stereocenters. The third kappa shape index (κ3) is 2.69. The van der Waals surface area contributed by atoms with Gasteiger partial charge in [-0.3, -0.25) is 4.57 Å². The second kappa shape index (κ2) is 5.69. The van der Waals surface area contributed by atoms with E-state index in [0.29, 0.717) is 12.1 Å². The number of rotatable bonds is 4. The summed E-state index contributed by atoms with van der Waals surface area (Å²) >= 11 is 1.70. The van der Waals surface area contributed by atoms with Crippen LogP contribution in [0.1, 0.15) is 5.56 Å². The maximum absolute atomic E-state index is 11.9. The minimum Gasteiger partial charge on any atom is -0.408 e. The van der Waals surface area contributed by atoms with Crippen LogP contribution in [0.4, 0.5) is 5.69 Å². The average molecular weight is 300 g/mol. The van der Waals surface area contributed by atoms with Gasteiger partial charge in [-0.1, -0.05) is 18.2 Å². The average Bonchev–Trinajstić information content (AvgIpc) is 2.80. The highest BCUT2D eigenvalue weighted by Gasteiger charge is 2.08. The van der Waals surface area contributed by atoms with Crippen molar-refractivity contribution >= 4 is 28.5 Å². The van der Waals surface area contributed by atoms with Gasteiger partial charge in [0.05, 0.1) is 5.52 Å². The molecule has 2 N–H and O–H groups in total. The molecule has 4 nitrogen and oxygen atoms in total. The smallest absolute Gasteiger partial charge is 0.408 e. The van der Waals surface area contributed by atoms with Gasteiger partial charge < -0.3 is 10.2 Å². The fourth-order valence-corrected chi connectivity index (χ4v) is 3.26. The van der Waals surface area contributed by atoms with E-state index in [1.165, 1.54) is 0 Å². The van der Waals surface area contributed by atoms with Crippen molar-refractivity contribution < 1.29 is 4.42 Å². The van der Waals surface area contributed by atoms with Crippen molar-refractivity contribution in [3.63, 3.8) is 0 Å². The fourth-order valence-electron chi connectivity index (χ4n) is 2.26. The number of para-hydroxylation sites is 2. The normalized spacial score (nSPS) is 11.1. The number of benzene rings is 2. The quantitative estimate of drug-likeness (QED) is 0.593. The monoisotopic (exact) mass is 300 g/mol. The van der Waals surface area contributed by atoms with E-state index >= 15 is 0 Å². The molecular formula is C16H16N2O2S. The molecule has 0 bridgehead atoms. The summed E-state index contributed by atoms with van der Waals surface area (Å²) in [6.07, 6.45) is 0. The largest absolute Gasteiger partial charge is 0.419 e. The van der Waals surface area contributed by atoms with Crippen LogP contribution < -0.4 is 11.5 Å². The summed E-state index contributed by atoms with van der Waals surface area (Å²) in [5.41, 5.74) is 9.26. The summed E-state index contributed by atoms with van der Waals surface area (Å²) in [5, 5.41) is 0. The number of aryl methyl sites for hydroxylation is 1. The number of nitrogen functional groups attached to an aromatic ring is 1. The first-order chi connectivity index (χ1) is 10.2. The first-order valence-corrected chi connectivity index (χ1v) is 7.71. The SMILES string of the molecule is Cc1c(N)cccc1SCCn1c(=O)oc2ccccc21. The van der Waals surface area contributed by atoms with Crippen molar-refractivity contribution in [1.29, 1.82) is 0 Å². The number of anilines is 1. The summed E-state index contributed by atoms with van der Waals surface area (Å²) in [4.78, 5) is 13.0. The van der Waals surface area contributed by atoms with Gasteiger partial charge in [-0.05, 0) is 36.8 Å². The minimum atomic E-state index is -0.305. The number of aromatic nitrogens is 1. The summed E-state index contributed by atoms with van der Waals surface area (Å²) in [7, 11) is 0. The van der Waals surface area contributed by atoms with Gasteiger partial charge >= 0.3 is 5.76 Å². The van der Waals surface area contributed by atoms with Crippen LogP contribution in [0, 0.1) is 6.92 Å². The Morgan fingerprint density at radius 3 is 2.86 bits per heavy atom. The summed E-state index contributed by atoms with van der Waals surface area (Å²) in [5.74, 6) is 0.481. The van der Waals surface area contributed by atoms with E-state index in [-0.39, 0.29) is 5.76 Å². The van der Waals surface area contributed by atoms with Gasteiger partial charge in [0.1, 0.15) is 0 Å². The van der Waals surface area contributed by atoms with Gasteiger partial charge in [0.15, 0.2) is 5.58 Å². The predicted octanol–water partition coefficient (Wildman–Crippen LogP) is 3.28. The molecule has 0 saturated carbocycles. The van der Waals surface area contributed by atoms with Crippen LogP contribution in [0.3, 0.4) is 0 Å². The molecule has 0 spiro atoms. The second-order valence-corrected chi connectivity index (χ2v) is 5.94. The zero-order chi connectivity index (χ0) is 14.8. The number of nitrogens with two attached hydrogens (primary N) is 1. The van der Waals surface area contributed by atoms with Crippen molar-refractivity contribution in [2.24, 2.45) is 0 Å². The molecule has 21 heavy (non-hydrogen) atoms. The first kappa shape index (κ1) is 13.8. The van der Waals surface area contributed by atoms with Crippen LogP contribution in [0.25, 0.3) is 11.1 Å². The van der Waals surface area contributed by atoms with E-state index in [0.717, 1.165) is 27.4 Å². The minimum absolute atomic E-state index is 0.305. The molecule has 0 radical (unpaired) electrons. The van der Waals surface area contributed by atoms with Gasteiger partial charge in [0.2, 0.25) is 0 Å². The molecule has 0 saturated heterocycles. The molecule has 2 aromatic carbocycles. The highest BCUT2D eigenvalue weighted by molar-refractivity contribution is 7.99. The van der Waals surface area contributed by atoms with Crippen LogP contribution in [-0.4, -0.2) is 10.3 Å². The van der Waals surface area contributed by atoms with Crippen LogP contribution >= 0.6 is 11.8 Å². The summed E-state index contributed by atoms with van der Waals surface area (Å²) in [6.45, 7) is 2.62. The zero-order valence-electron chi connectivity index (χ0n) is 11.7. The van der Waals surface area contributed by atoms with E-state index < -0.39 is 0 Å². The van der Waals surface area contributed by atoms with E-state index in [2.05, 4.69) is 0 Å². The van der Waals surface area contributed by atoms with E-state index in [4.69, 9.17) is 10.2 Å². The van der Waals surface area contributed by atoms with Gasteiger partial charge in [-0.15, -0.1) is 11.8 Å². The number of oxazole rings is 1. The third-order valence-corrected chi connectivity index (χ3v) is 4.61. The Hall–Kier alpha value is -2.14. The van der Waals surface area contributed by atoms with Crippen LogP contribution in [0.2, 0.25) is 0 Å². The lowest BCUT2D eigenvalue weighted by Gasteiger charge is -2.08. The van der Waals surface area contributed by atoms with E-state index in [9.17, 15) is 4.79 Å². The van der Waals surface area contributed by atoms with E-state index in [1.54, 1.807) is 16.3 Å². The number of fused-ring (bicyclic) bond motifs is 1. The molecule has 0 aliphatic carbocycles. The molecule has 0 aliphatic heterocycles. The predicted molar refractivity (Wildman–Crippen MR) is 86.8 cm³/mol. The first-order valence-electron chi connectivity index (χ1n) is 6.73. The van der Waals surface area contributed by atoms with Crippen molar-refractivity contribution in [3.8, 4) is 0 Å².